The number of aromatic nitrogens is 5. The van der Waals surface area contributed by atoms with Crippen LogP contribution in [0.15, 0.2) is 48.1 Å². The normalized spacial score (nSPS) is 17.3. The molecule has 1 aliphatic rings. The summed E-state index contributed by atoms with van der Waals surface area (Å²) in [6.07, 6.45) is 5.75. The molecule has 0 aliphatic carbocycles. The standard InChI is InChI=1S/C20H20N6OS/c1-24-10-8-16(22-24)20(27)25-9-2-4-15(12-25)19-21-18-7-6-14(13-26(18)23-19)17-5-3-11-28-17/h3,5-8,10-11,13,15H,2,4,9,12H2,1H3/t15-/m0/s1. The molecule has 1 fully saturated rings. The van der Waals surface area contributed by atoms with Gasteiger partial charge in [0.2, 0.25) is 0 Å². The summed E-state index contributed by atoms with van der Waals surface area (Å²) in [6.45, 7) is 1.38. The second kappa shape index (κ2) is 6.87. The Bertz CT molecular complexity index is 1130. The van der Waals surface area contributed by atoms with Gasteiger partial charge in [-0.2, -0.15) is 10.2 Å². The molecule has 1 amide bonds. The molecule has 5 rings (SSSR count). The summed E-state index contributed by atoms with van der Waals surface area (Å²) >= 11 is 1.71. The van der Waals surface area contributed by atoms with Gasteiger partial charge in [-0.1, -0.05) is 6.07 Å². The molecule has 7 nitrogen and oxygen atoms in total. The van der Waals surface area contributed by atoms with Gasteiger partial charge in [-0.3, -0.25) is 9.48 Å². The van der Waals surface area contributed by atoms with Crippen molar-refractivity contribution in [1.82, 2.24) is 29.3 Å². The average molecular weight is 392 g/mol. The molecule has 142 valence electrons. The lowest BCUT2D eigenvalue weighted by molar-refractivity contribution is 0.0698. The minimum absolute atomic E-state index is 0.0194. The number of hydrogen-bond acceptors (Lipinski definition) is 5. The lowest BCUT2D eigenvalue weighted by atomic mass is 9.97. The molecular weight excluding hydrogens is 372 g/mol. The fourth-order valence-corrected chi connectivity index (χ4v) is 4.44. The summed E-state index contributed by atoms with van der Waals surface area (Å²) < 4.78 is 3.51. The molecule has 0 bridgehead atoms. The smallest absolute Gasteiger partial charge is 0.274 e. The third kappa shape index (κ3) is 3.09. The Balaban J connectivity index is 1.39. The molecule has 0 unspecified atom stereocenters. The summed E-state index contributed by atoms with van der Waals surface area (Å²) in [6, 6.07) is 10.0. The van der Waals surface area contributed by atoms with Crippen molar-refractivity contribution in [1.29, 1.82) is 0 Å². The number of hydrogen-bond donors (Lipinski definition) is 0. The molecule has 1 aliphatic heterocycles. The van der Waals surface area contributed by atoms with Gasteiger partial charge in [-0.05, 0) is 42.5 Å². The van der Waals surface area contributed by atoms with Crippen molar-refractivity contribution < 1.29 is 4.79 Å². The summed E-state index contributed by atoms with van der Waals surface area (Å²) in [4.78, 5) is 20.6. The van der Waals surface area contributed by atoms with Gasteiger partial charge in [-0.25, -0.2) is 9.50 Å². The molecule has 0 saturated carbocycles. The highest BCUT2D eigenvalue weighted by Gasteiger charge is 2.29. The molecule has 0 N–H and O–H groups in total. The van der Waals surface area contributed by atoms with E-state index in [9.17, 15) is 4.79 Å². The minimum atomic E-state index is -0.0194. The second-order valence-electron chi connectivity index (χ2n) is 7.13. The molecule has 28 heavy (non-hydrogen) atoms. The highest BCUT2D eigenvalue weighted by molar-refractivity contribution is 7.13. The van der Waals surface area contributed by atoms with Crippen LogP contribution in [0, 0.1) is 0 Å². The first kappa shape index (κ1) is 17.1. The predicted molar refractivity (Wildman–Crippen MR) is 107 cm³/mol. The van der Waals surface area contributed by atoms with Gasteiger partial charge in [0.05, 0.1) is 0 Å². The Morgan fingerprint density at radius 2 is 2.14 bits per heavy atom. The maximum atomic E-state index is 12.7. The summed E-state index contributed by atoms with van der Waals surface area (Å²) in [7, 11) is 1.82. The van der Waals surface area contributed by atoms with E-state index >= 15 is 0 Å². The summed E-state index contributed by atoms with van der Waals surface area (Å²) in [5.41, 5.74) is 2.46. The van der Waals surface area contributed by atoms with E-state index in [2.05, 4.69) is 22.6 Å². The molecule has 0 radical (unpaired) electrons. The molecule has 1 atom stereocenters. The van der Waals surface area contributed by atoms with Gasteiger partial charge >= 0.3 is 0 Å². The Morgan fingerprint density at radius 3 is 2.93 bits per heavy atom. The number of rotatable bonds is 3. The highest BCUT2D eigenvalue weighted by Crippen LogP contribution is 2.28. The maximum Gasteiger partial charge on any atom is 0.274 e. The Morgan fingerprint density at radius 1 is 1.21 bits per heavy atom. The number of fused-ring (bicyclic) bond motifs is 1. The highest BCUT2D eigenvalue weighted by atomic mass is 32.1. The molecule has 4 aromatic heterocycles. The van der Waals surface area contributed by atoms with E-state index in [1.807, 2.05) is 34.8 Å². The van der Waals surface area contributed by atoms with E-state index in [1.54, 1.807) is 28.3 Å². The van der Waals surface area contributed by atoms with Gasteiger partial charge in [0, 0.05) is 48.9 Å². The maximum absolute atomic E-state index is 12.7. The average Bonchev–Trinajstić information content (AvgIpc) is 3.47. The molecule has 5 heterocycles. The van der Waals surface area contributed by atoms with Crippen LogP contribution in [0.25, 0.3) is 16.1 Å². The number of aryl methyl sites for hydroxylation is 1. The van der Waals surface area contributed by atoms with E-state index in [0.717, 1.165) is 36.4 Å². The second-order valence-corrected chi connectivity index (χ2v) is 8.08. The van der Waals surface area contributed by atoms with E-state index in [4.69, 9.17) is 10.1 Å². The third-order valence-corrected chi connectivity index (χ3v) is 6.08. The third-order valence-electron chi connectivity index (χ3n) is 5.16. The van der Waals surface area contributed by atoms with Gasteiger partial charge < -0.3 is 4.90 Å². The first-order valence-electron chi connectivity index (χ1n) is 9.36. The number of pyridine rings is 1. The number of thiophene rings is 1. The summed E-state index contributed by atoms with van der Waals surface area (Å²) in [5.74, 6) is 0.933. The lowest BCUT2D eigenvalue weighted by Gasteiger charge is -2.30. The zero-order valence-corrected chi connectivity index (χ0v) is 16.3. The number of likely N-dealkylation sites (tertiary alicyclic amines) is 1. The molecule has 1 saturated heterocycles. The van der Waals surface area contributed by atoms with Crippen LogP contribution in [-0.4, -0.2) is 48.3 Å². The minimum Gasteiger partial charge on any atom is -0.337 e. The molecule has 0 spiro atoms. The van der Waals surface area contributed by atoms with Gasteiger partial charge in [0.1, 0.15) is 5.69 Å². The van der Waals surface area contributed by atoms with Crippen LogP contribution in [0.3, 0.4) is 0 Å². The zero-order valence-electron chi connectivity index (χ0n) is 15.5. The van der Waals surface area contributed by atoms with E-state index in [-0.39, 0.29) is 11.8 Å². The molecular formula is C20H20N6OS. The van der Waals surface area contributed by atoms with Crippen LogP contribution in [0.1, 0.15) is 35.1 Å². The quantitative estimate of drug-likeness (QED) is 0.537. The van der Waals surface area contributed by atoms with Crippen LogP contribution in [0.4, 0.5) is 0 Å². The van der Waals surface area contributed by atoms with Crippen molar-refractivity contribution in [3.63, 3.8) is 0 Å². The first-order chi connectivity index (χ1) is 13.7. The summed E-state index contributed by atoms with van der Waals surface area (Å²) in [5, 5.41) is 11.0. The van der Waals surface area contributed by atoms with Crippen molar-refractivity contribution in [3.8, 4) is 10.4 Å². The van der Waals surface area contributed by atoms with Crippen LogP contribution >= 0.6 is 11.3 Å². The monoisotopic (exact) mass is 392 g/mol. The SMILES string of the molecule is Cn1ccc(C(=O)N2CCC[C@H](c3nc4ccc(-c5cccs5)cn4n3)C2)n1. The Labute approximate surface area is 166 Å². The van der Waals surface area contributed by atoms with Crippen LogP contribution in [0.2, 0.25) is 0 Å². The number of carbonyl (C=O) groups is 1. The number of amides is 1. The fourth-order valence-electron chi connectivity index (χ4n) is 3.73. The predicted octanol–water partition coefficient (Wildman–Crippen LogP) is 3.21. The van der Waals surface area contributed by atoms with Gasteiger partial charge in [-0.15, -0.1) is 11.3 Å². The van der Waals surface area contributed by atoms with E-state index in [1.165, 1.54) is 4.88 Å². The first-order valence-corrected chi connectivity index (χ1v) is 10.2. The van der Waals surface area contributed by atoms with Crippen LogP contribution in [0.5, 0.6) is 0 Å². The zero-order chi connectivity index (χ0) is 19.1. The Kier molecular flexibility index (Phi) is 4.20. The van der Waals surface area contributed by atoms with Crippen LogP contribution < -0.4 is 0 Å². The number of piperidine rings is 1. The topological polar surface area (TPSA) is 68.3 Å². The van der Waals surface area contributed by atoms with Crippen molar-refractivity contribution in [2.45, 2.75) is 18.8 Å². The van der Waals surface area contributed by atoms with E-state index < -0.39 is 0 Å². The number of carbonyl (C=O) groups excluding carboxylic acids is 1. The van der Waals surface area contributed by atoms with Gasteiger partial charge in [0.25, 0.3) is 5.91 Å². The largest absolute Gasteiger partial charge is 0.337 e. The lowest BCUT2D eigenvalue weighted by Crippen LogP contribution is -2.39. The van der Waals surface area contributed by atoms with Crippen LogP contribution in [-0.2, 0) is 7.05 Å². The van der Waals surface area contributed by atoms with E-state index in [0.29, 0.717) is 12.2 Å². The number of nitrogens with zero attached hydrogens (tertiary/aromatic N) is 6. The fraction of sp³-hybridized carbons (Fsp3) is 0.300. The Hall–Kier alpha value is -3.00. The van der Waals surface area contributed by atoms with Crippen molar-refractivity contribution in [2.75, 3.05) is 13.1 Å². The molecule has 4 aromatic rings. The van der Waals surface area contributed by atoms with Crippen molar-refractivity contribution in [2.24, 2.45) is 7.05 Å². The van der Waals surface area contributed by atoms with Crippen molar-refractivity contribution in [3.05, 3.63) is 59.6 Å². The van der Waals surface area contributed by atoms with Crippen molar-refractivity contribution >= 4 is 22.9 Å². The van der Waals surface area contributed by atoms with Gasteiger partial charge in [0.15, 0.2) is 11.5 Å². The molecule has 0 aromatic carbocycles. The molecule has 8 heteroatoms.